The normalized spacial score (nSPS) is 17.1. The van der Waals surface area contributed by atoms with Crippen LogP contribution < -0.4 is 20.1 Å². The zero-order chi connectivity index (χ0) is 19.3. The third-order valence-electron chi connectivity index (χ3n) is 5.84. The fraction of sp³-hybridized carbons (Fsp3) is 0.591. The van der Waals surface area contributed by atoms with Crippen molar-refractivity contribution < 1.29 is 9.47 Å². The summed E-state index contributed by atoms with van der Waals surface area (Å²) in [7, 11) is 3.65. The third kappa shape index (κ3) is 3.97. The average Bonchev–Trinajstić information content (AvgIpc) is 3.12. The van der Waals surface area contributed by atoms with Crippen LogP contribution in [0.3, 0.4) is 0 Å². The van der Waals surface area contributed by atoms with Crippen LogP contribution in [0, 0.1) is 0 Å². The predicted octanol–water partition coefficient (Wildman–Crippen LogP) is 3.90. The lowest BCUT2D eigenvalue weighted by Crippen LogP contribution is -2.21. The smallest absolute Gasteiger partial charge is 0.163 e. The molecule has 0 atom stereocenters. The number of hydrogen-bond donors (Lipinski definition) is 2. The van der Waals surface area contributed by atoms with Crippen molar-refractivity contribution in [2.24, 2.45) is 0 Å². The Morgan fingerprint density at radius 1 is 1.14 bits per heavy atom. The molecule has 6 heteroatoms. The van der Waals surface area contributed by atoms with Gasteiger partial charge in [-0.25, -0.2) is 4.98 Å². The minimum absolute atomic E-state index is 0.695. The topological polar surface area (TPSA) is 58.7 Å². The van der Waals surface area contributed by atoms with E-state index in [0.717, 1.165) is 54.2 Å². The highest BCUT2D eigenvalue weighted by atomic mass is 16.5. The van der Waals surface area contributed by atoms with Crippen molar-refractivity contribution in [3.05, 3.63) is 17.7 Å². The number of anilines is 2. The number of benzene rings is 1. The van der Waals surface area contributed by atoms with Gasteiger partial charge in [0.2, 0.25) is 0 Å². The number of ether oxygens (including phenoxy) is 2. The molecule has 2 N–H and O–H groups in total. The van der Waals surface area contributed by atoms with Crippen molar-refractivity contribution in [3.8, 4) is 11.5 Å². The van der Waals surface area contributed by atoms with Crippen molar-refractivity contribution in [1.82, 2.24) is 9.88 Å². The van der Waals surface area contributed by atoms with E-state index in [0.29, 0.717) is 6.61 Å². The van der Waals surface area contributed by atoms with Crippen LogP contribution in [0.2, 0.25) is 0 Å². The van der Waals surface area contributed by atoms with E-state index in [1.54, 1.807) is 7.11 Å². The van der Waals surface area contributed by atoms with Crippen LogP contribution in [0.15, 0.2) is 12.1 Å². The molecule has 0 spiro atoms. The van der Waals surface area contributed by atoms with Gasteiger partial charge in [0.05, 0.1) is 24.9 Å². The molecule has 0 bridgehead atoms. The number of hydrogen-bond acceptors (Lipinski definition) is 6. The number of fused-ring (bicyclic) bond motifs is 3. The highest BCUT2D eigenvalue weighted by Crippen LogP contribution is 2.39. The van der Waals surface area contributed by atoms with Crippen molar-refractivity contribution in [1.29, 1.82) is 0 Å². The van der Waals surface area contributed by atoms with Gasteiger partial charge in [0.15, 0.2) is 11.5 Å². The molecule has 2 aliphatic heterocycles. The summed E-state index contributed by atoms with van der Waals surface area (Å²) in [5.74, 6) is 2.52. The largest absolute Gasteiger partial charge is 0.493 e. The Bertz CT molecular complexity index is 818. The molecule has 4 rings (SSSR count). The molecule has 2 aliphatic rings. The molecule has 0 aliphatic carbocycles. The summed E-state index contributed by atoms with van der Waals surface area (Å²) in [4.78, 5) is 7.40. The summed E-state index contributed by atoms with van der Waals surface area (Å²) in [5.41, 5.74) is 3.40. The van der Waals surface area contributed by atoms with Gasteiger partial charge >= 0.3 is 0 Å². The van der Waals surface area contributed by atoms with Crippen LogP contribution in [-0.4, -0.2) is 56.8 Å². The molecule has 2 aromatic rings. The Hall–Kier alpha value is -2.21. The van der Waals surface area contributed by atoms with Crippen LogP contribution in [0.5, 0.6) is 11.5 Å². The van der Waals surface area contributed by atoms with Crippen molar-refractivity contribution in [2.75, 3.05) is 57.6 Å². The number of pyridine rings is 1. The van der Waals surface area contributed by atoms with Gasteiger partial charge in [0, 0.05) is 37.2 Å². The van der Waals surface area contributed by atoms with Crippen LogP contribution in [0.4, 0.5) is 11.5 Å². The number of nitrogens with zero attached hydrogens (tertiary/aromatic N) is 2. The lowest BCUT2D eigenvalue weighted by molar-refractivity contribution is 0.254. The fourth-order valence-electron chi connectivity index (χ4n) is 4.35. The molecule has 28 heavy (non-hydrogen) atoms. The van der Waals surface area contributed by atoms with E-state index < -0.39 is 0 Å². The lowest BCUT2D eigenvalue weighted by atomic mass is 10.0. The number of aromatic nitrogens is 1. The summed E-state index contributed by atoms with van der Waals surface area (Å²) in [6.45, 7) is 5.25. The van der Waals surface area contributed by atoms with Crippen LogP contribution in [0.25, 0.3) is 10.9 Å². The van der Waals surface area contributed by atoms with E-state index in [1.165, 1.54) is 50.0 Å². The molecule has 0 radical (unpaired) electrons. The molecule has 6 nitrogen and oxygen atoms in total. The Labute approximate surface area is 167 Å². The van der Waals surface area contributed by atoms with Crippen LogP contribution in [-0.2, 0) is 6.42 Å². The fourth-order valence-corrected chi connectivity index (χ4v) is 4.35. The highest BCUT2D eigenvalue weighted by molar-refractivity contribution is 5.97. The molecule has 0 unspecified atom stereocenters. The molecule has 3 heterocycles. The molecule has 152 valence electrons. The molecule has 1 aromatic carbocycles. The second kappa shape index (κ2) is 8.86. The zero-order valence-corrected chi connectivity index (χ0v) is 17.1. The van der Waals surface area contributed by atoms with Gasteiger partial charge in [0.25, 0.3) is 0 Å². The van der Waals surface area contributed by atoms with E-state index >= 15 is 0 Å². The number of nitrogens with one attached hydrogen (secondary N) is 2. The Kier molecular flexibility index (Phi) is 6.05. The first-order valence-electron chi connectivity index (χ1n) is 10.6. The minimum atomic E-state index is 0.695. The van der Waals surface area contributed by atoms with Gasteiger partial charge in [-0.2, -0.15) is 0 Å². The standard InChI is InChI=1S/C22H32N4O2/c1-23-22-16-8-3-4-9-24-21(16)17-14-19(27-2)20(15-18(17)25-22)28-13-7-12-26-10-5-6-11-26/h14-15,24H,3-13H2,1-2H3,(H,23,25). The lowest BCUT2D eigenvalue weighted by Gasteiger charge is -2.18. The van der Waals surface area contributed by atoms with Gasteiger partial charge < -0.3 is 25.0 Å². The number of rotatable bonds is 7. The number of likely N-dealkylation sites (tertiary alicyclic amines) is 1. The Morgan fingerprint density at radius 3 is 2.79 bits per heavy atom. The second-order valence-electron chi connectivity index (χ2n) is 7.72. The monoisotopic (exact) mass is 384 g/mol. The quantitative estimate of drug-likeness (QED) is 0.706. The number of methoxy groups -OCH3 is 1. The molecule has 1 fully saturated rings. The van der Waals surface area contributed by atoms with E-state index in [2.05, 4.69) is 21.6 Å². The summed E-state index contributed by atoms with van der Waals surface area (Å²) < 4.78 is 11.8. The summed E-state index contributed by atoms with van der Waals surface area (Å²) >= 11 is 0. The minimum Gasteiger partial charge on any atom is -0.493 e. The molecule has 1 aromatic heterocycles. The van der Waals surface area contributed by atoms with Crippen molar-refractivity contribution >= 4 is 22.4 Å². The molecule has 0 amide bonds. The van der Waals surface area contributed by atoms with Gasteiger partial charge in [-0.1, -0.05) is 0 Å². The van der Waals surface area contributed by atoms with Gasteiger partial charge in [-0.05, 0) is 57.7 Å². The highest BCUT2D eigenvalue weighted by Gasteiger charge is 2.19. The maximum Gasteiger partial charge on any atom is 0.163 e. The van der Waals surface area contributed by atoms with E-state index in [-0.39, 0.29) is 0 Å². The average molecular weight is 385 g/mol. The van der Waals surface area contributed by atoms with Crippen LogP contribution in [0.1, 0.15) is 37.7 Å². The molecule has 1 saturated heterocycles. The Morgan fingerprint density at radius 2 is 2.00 bits per heavy atom. The SMILES string of the molecule is CNc1nc2cc(OCCCN3CCCC3)c(OC)cc2c2c1CCCCN2. The third-order valence-corrected chi connectivity index (χ3v) is 5.84. The van der Waals surface area contributed by atoms with Crippen LogP contribution >= 0.6 is 0 Å². The first-order valence-corrected chi connectivity index (χ1v) is 10.6. The summed E-state index contributed by atoms with van der Waals surface area (Å²) in [6.07, 6.45) is 7.08. The maximum absolute atomic E-state index is 6.11. The summed E-state index contributed by atoms with van der Waals surface area (Å²) in [5, 5.41) is 8.00. The zero-order valence-electron chi connectivity index (χ0n) is 17.1. The van der Waals surface area contributed by atoms with Crippen molar-refractivity contribution in [3.63, 3.8) is 0 Å². The van der Waals surface area contributed by atoms with Gasteiger partial charge in [0.1, 0.15) is 5.82 Å². The van der Waals surface area contributed by atoms with Crippen molar-refractivity contribution in [2.45, 2.75) is 38.5 Å². The molecular weight excluding hydrogens is 352 g/mol. The van der Waals surface area contributed by atoms with Gasteiger partial charge in [-0.15, -0.1) is 0 Å². The molecular formula is C22H32N4O2. The second-order valence-corrected chi connectivity index (χ2v) is 7.72. The van der Waals surface area contributed by atoms with E-state index in [4.69, 9.17) is 14.5 Å². The maximum atomic E-state index is 6.11. The van der Waals surface area contributed by atoms with E-state index in [9.17, 15) is 0 Å². The first-order chi connectivity index (χ1) is 13.8. The summed E-state index contributed by atoms with van der Waals surface area (Å²) in [6, 6.07) is 4.10. The first kappa shape index (κ1) is 19.1. The predicted molar refractivity (Wildman–Crippen MR) is 115 cm³/mol. The molecule has 0 saturated carbocycles. The van der Waals surface area contributed by atoms with E-state index in [1.807, 2.05) is 13.1 Å². The Balaban J connectivity index is 1.58. The van der Waals surface area contributed by atoms with Gasteiger partial charge in [-0.3, -0.25) is 0 Å².